The van der Waals surface area contributed by atoms with Crippen molar-refractivity contribution in [3.63, 3.8) is 0 Å². The van der Waals surface area contributed by atoms with E-state index in [0.717, 1.165) is 12.8 Å². The van der Waals surface area contributed by atoms with Crippen LogP contribution in [0.5, 0.6) is 5.75 Å². The number of hydrogen-bond acceptors (Lipinski definition) is 3. The Balaban J connectivity index is 2.14. The van der Waals surface area contributed by atoms with Crippen LogP contribution in [0.2, 0.25) is 0 Å². The zero-order valence-electron chi connectivity index (χ0n) is 9.86. The van der Waals surface area contributed by atoms with Gasteiger partial charge in [-0.1, -0.05) is 6.92 Å². The second kappa shape index (κ2) is 3.77. The molecule has 1 aliphatic carbocycles. The molecule has 0 bridgehead atoms. The Kier molecular flexibility index (Phi) is 2.58. The van der Waals surface area contributed by atoms with Crippen molar-refractivity contribution in [2.45, 2.75) is 19.8 Å². The Bertz CT molecular complexity index is 396. The molecule has 4 heteroatoms. The van der Waals surface area contributed by atoms with Crippen LogP contribution in [0.3, 0.4) is 0 Å². The Labute approximate surface area is 95.2 Å². The molecule has 0 radical (unpaired) electrons. The predicted molar refractivity (Wildman–Crippen MR) is 61.5 cm³/mol. The number of anilines is 1. The van der Waals surface area contributed by atoms with Gasteiger partial charge in [0, 0.05) is 12.5 Å². The zero-order valence-corrected chi connectivity index (χ0v) is 9.86. The summed E-state index contributed by atoms with van der Waals surface area (Å²) in [6, 6.07) is 3.60. The van der Waals surface area contributed by atoms with Crippen LogP contribution in [0.25, 0.3) is 0 Å². The lowest BCUT2D eigenvalue weighted by atomic mass is 10.1. The van der Waals surface area contributed by atoms with Crippen molar-refractivity contribution < 1.29 is 9.53 Å². The van der Waals surface area contributed by atoms with Crippen molar-refractivity contribution in [3.8, 4) is 5.75 Å². The fourth-order valence-corrected chi connectivity index (χ4v) is 1.60. The van der Waals surface area contributed by atoms with Gasteiger partial charge in [-0.05, 0) is 25.0 Å². The van der Waals surface area contributed by atoms with Crippen LogP contribution in [-0.4, -0.2) is 25.0 Å². The van der Waals surface area contributed by atoms with Crippen molar-refractivity contribution in [2.75, 3.05) is 19.1 Å². The highest BCUT2D eigenvalue weighted by molar-refractivity contribution is 5.97. The smallest absolute Gasteiger partial charge is 0.233 e. The van der Waals surface area contributed by atoms with Gasteiger partial charge < -0.3 is 4.74 Å². The maximum atomic E-state index is 12.0. The van der Waals surface area contributed by atoms with Gasteiger partial charge in [-0.15, -0.1) is 0 Å². The number of carbonyl (C=O) groups is 1. The van der Waals surface area contributed by atoms with Gasteiger partial charge in [0.1, 0.15) is 11.6 Å². The minimum atomic E-state index is -0.156. The second-order valence-corrected chi connectivity index (χ2v) is 4.48. The molecule has 2 rings (SSSR count). The van der Waals surface area contributed by atoms with Crippen LogP contribution in [-0.2, 0) is 4.79 Å². The number of methoxy groups -OCH3 is 1. The molecule has 0 unspecified atom stereocenters. The SMILES string of the molecule is COc1ccc(N(C)C(=O)C2(C)CC2)nc1. The number of pyridine rings is 1. The number of ether oxygens (including phenoxy) is 1. The lowest BCUT2D eigenvalue weighted by Crippen LogP contribution is -2.33. The minimum absolute atomic E-state index is 0.144. The number of aromatic nitrogens is 1. The lowest BCUT2D eigenvalue weighted by molar-refractivity contribution is -0.122. The van der Waals surface area contributed by atoms with Gasteiger partial charge in [-0.3, -0.25) is 9.69 Å². The van der Waals surface area contributed by atoms with E-state index < -0.39 is 0 Å². The second-order valence-electron chi connectivity index (χ2n) is 4.48. The molecule has 1 aromatic heterocycles. The van der Waals surface area contributed by atoms with E-state index in [9.17, 15) is 4.79 Å². The molecule has 1 heterocycles. The predicted octanol–water partition coefficient (Wildman–Crippen LogP) is 1.85. The van der Waals surface area contributed by atoms with Crippen molar-refractivity contribution in [2.24, 2.45) is 5.41 Å². The molecule has 0 spiro atoms. The summed E-state index contributed by atoms with van der Waals surface area (Å²) in [6.45, 7) is 2.00. The van der Waals surface area contributed by atoms with Gasteiger partial charge >= 0.3 is 0 Å². The molecule has 4 nitrogen and oxygen atoms in total. The van der Waals surface area contributed by atoms with E-state index in [-0.39, 0.29) is 11.3 Å². The molecule has 0 aromatic carbocycles. The van der Waals surface area contributed by atoms with Gasteiger partial charge in [0.05, 0.1) is 13.3 Å². The first kappa shape index (κ1) is 10.9. The van der Waals surface area contributed by atoms with Crippen molar-refractivity contribution in [1.29, 1.82) is 0 Å². The first-order chi connectivity index (χ1) is 7.57. The van der Waals surface area contributed by atoms with Gasteiger partial charge in [0.25, 0.3) is 0 Å². The van der Waals surface area contributed by atoms with Crippen LogP contribution in [0, 0.1) is 5.41 Å². The highest BCUT2D eigenvalue weighted by atomic mass is 16.5. The van der Waals surface area contributed by atoms with E-state index >= 15 is 0 Å². The molecule has 0 N–H and O–H groups in total. The Morgan fingerprint density at radius 1 is 1.50 bits per heavy atom. The fraction of sp³-hybridized carbons (Fsp3) is 0.500. The summed E-state index contributed by atoms with van der Waals surface area (Å²) in [5.41, 5.74) is -0.156. The van der Waals surface area contributed by atoms with E-state index in [4.69, 9.17) is 4.74 Å². The molecule has 0 saturated heterocycles. The van der Waals surface area contributed by atoms with Crippen LogP contribution < -0.4 is 9.64 Å². The zero-order chi connectivity index (χ0) is 11.8. The van der Waals surface area contributed by atoms with E-state index in [2.05, 4.69) is 4.98 Å². The number of nitrogens with zero attached hydrogens (tertiary/aromatic N) is 2. The average Bonchev–Trinajstić information content (AvgIpc) is 3.07. The van der Waals surface area contributed by atoms with E-state index in [1.165, 1.54) is 0 Å². The van der Waals surface area contributed by atoms with Crippen LogP contribution in [0.4, 0.5) is 5.82 Å². The summed E-state index contributed by atoms with van der Waals surface area (Å²) in [4.78, 5) is 17.8. The molecule has 16 heavy (non-hydrogen) atoms. The van der Waals surface area contributed by atoms with Crippen molar-refractivity contribution in [3.05, 3.63) is 18.3 Å². The van der Waals surface area contributed by atoms with Crippen LogP contribution in [0.1, 0.15) is 19.8 Å². The fourth-order valence-electron chi connectivity index (χ4n) is 1.60. The average molecular weight is 220 g/mol. The first-order valence-corrected chi connectivity index (χ1v) is 5.35. The van der Waals surface area contributed by atoms with Crippen molar-refractivity contribution >= 4 is 11.7 Å². The highest BCUT2D eigenvalue weighted by Crippen LogP contribution is 2.46. The summed E-state index contributed by atoms with van der Waals surface area (Å²) in [5, 5.41) is 0. The molecule has 1 aliphatic rings. The molecule has 86 valence electrons. The molecule has 1 saturated carbocycles. The normalized spacial score (nSPS) is 16.7. The van der Waals surface area contributed by atoms with Gasteiger partial charge in [0.2, 0.25) is 5.91 Å². The standard InChI is InChI=1S/C12H16N2O2/c1-12(6-7-12)11(15)14(2)10-5-4-9(16-3)8-13-10/h4-5,8H,6-7H2,1-3H3. The largest absolute Gasteiger partial charge is 0.495 e. The minimum Gasteiger partial charge on any atom is -0.495 e. The molecule has 0 atom stereocenters. The van der Waals surface area contributed by atoms with Crippen LogP contribution >= 0.6 is 0 Å². The summed E-state index contributed by atoms with van der Waals surface area (Å²) in [6.07, 6.45) is 3.58. The van der Waals surface area contributed by atoms with E-state index in [0.29, 0.717) is 11.6 Å². The number of amides is 1. The summed E-state index contributed by atoms with van der Waals surface area (Å²) < 4.78 is 5.02. The molecule has 1 aromatic rings. The lowest BCUT2D eigenvalue weighted by Gasteiger charge is -2.20. The summed E-state index contributed by atoms with van der Waals surface area (Å²) >= 11 is 0. The maximum absolute atomic E-state index is 12.0. The number of carbonyl (C=O) groups excluding carboxylic acids is 1. The monoisotopic (exact) mass is 220 g/mol. The maximum Gasteiger partial charge on any atom is 0.233 e. The van der Waals surface area contributed by atoms with Crippen molar-refractivity contribution in [1.82, 2.24) is 4.98 Å². The molecular formula is C12H16N2O2. The molecule has 1 fully saturated rings. The number of hydrogen-bond donors (Lipinski definition) is 0. The Hall–Kier alpha value is -1.58. The first-order valence-electron chi connectivity index (χ1n) is 5.35. The highest BCUT2D eigenvalue weighted by Gasteiger charge is 2.46. The molecule has 0 aliphatic heterocycles. The van der Waals surface area contributed by atoms with Gasteiger partial charge in [0.15, 0.2) is 0 Å². The third kappa shape index (κ3) is 1.87. The topological polar surface area (TPSA) is 42.4 Å². The Morgan fingerprint density at radius 2 is 2.19 bits per heavy atom. The summed E-state index contributed by atoms with van der Waals surface area (Å²) in [5.74, 6) is 1.51. The third-order valence-corrected chi connectivity index (χ3v) is 3.12. The Morgan fingerprint density at radius 3 is 2.62 bits per heavy atom. The van der Waals surface area contributed by atoms with E-state index in [1.54, 1.807) is 37.4 Å². The quantitative estimate of drug-likeness (QED) is 0.780. The van der Waals surface area contributed by atoms with Crippen LogP contribution in [0.15, 0.2) is 18.3 Å². The van der Waals surface area contributed by atoms with Gasteiger partial charge in [-0.2, -0.15) is 0 Å². The third-order valence-electron chi connectivity index (χ3n) is 3.12. The molecular weight excluding hydrogens is 204 g/mol. The molecule has 1 amide bonds. The van der Waals surface area contributed by atoms with Gasteiger partial charge in [-0.25, -0.2) is 4.98 Å². The van der Waals surface area contributed by atoms with E-state index in [1.807, 2.05) is 6.92 Å². The summed E-state index contributed by atoms with van der Waals surface area (Å²) in [7, 11) is 3.36. The number of rotatable bonds is 3.